The van der Waals surface area contributed by atoms with Gasteiger partial charge < -0.3 is 18.9 Å². The van der Waals surface area contributed by atoms with Crippen molar-refractivity contribution in [3.63, 3.8) is 0 Å². The third-order valence-electron chi connectivity index (χ3n) is 15.7. The zero-order chi connectivity index (χ0) is 61.2. The van der Waals surface area contributed by atoms with Gasteiger partial charge >= 0.3 is 19.8 Å². The van der Waals surface area contributed by atoms with Crippen LogP contribution in [0.5, 0.6) is 0 Å². The summed E-state index contributed by atoms with van der Waals surface area (Å²) >= 11 is 0. The van der Waals surface area contributed by atoms with Gasteiger partial charge in [0.1, 0.15) is 19.8 Å². The number of hydrogen-bond acceptors (Lipinski definition) is 7. The number of hydrogen-bond donors (Lipinski definition) is 1. The van der Waals surface area contributed by atoms with Crippen LogP contribution in [-0.4, -0.2) is 74.9 Å². The average Bonchev–Trinajstić information content (AvgIpc) is 3.61. The molecule has 2 unspecified atom stereocenters. The summed E-state index contributed by atoms with van der Waals surface area (Å²) in [5.74, 6) is -0.785. The molecule has 0 rings (SSSR count). The Morgan fingerprint density at radius 1 is 0.381 bits per heavy atom. The van der Waals surface area contributed by atoms with E-state index in [1.165, 1.54) is 231 Å². The molecule has 0 aliphatic carbocycles. The van der Waals surface area contributed by atoms with E-state index in [1.807, 2.05) is 21.1 Å². The van der Waals surface area contributed by atoms with Crippen molar-refractivity contribution in [3.05, 3.63) is 72.9 Å². The Morgan fingerprint density at radius 2 is 0.679 bits per heavy atom. The van der Waals surface area contributed by atoms with Gasteiger partial charge in [0.25, 0.3) is 0 Å². The number of likely N-dealkylation sites (N-methyl/N-ethyl adjacent to an activating group) is 1. The molecule has 0 aromatic rings. The van der Waals surface area contributed by atoms with Gasteiger partial charge in [-0.3, -0.25) is 18.6 Å². The van der Waals surface area contributed by atoms with Crippen molar-refractivity contribution < 1.29 is 42.1 Å². The predicted octanol–water partition coefficient (Wildman–Crippen LogP) is 23.2. The normalized spacial score (nSPS) is 13.5. The van der Waals surface area contributed by atoms with Crippen LogP contribution in [0.15, 0.2) is 72.9 Å². The molecule has 0 radical (unpaired) electrons. The Labute approximate surface area is 520 Å². The molecular formula is C74H137NO8P+. The molecular weight excluding hydrogens is 1060 g/mol. The van der Waals surface area contributed by atoms with Crippen molar-refractivity contribution >= 4 is 19.8 Å². The first-order valence-electron chi connectivity index (χ1n) is 35.7. The van der Waals surface area contributed by atoms with E-state index in [9.17, 15) is 19.0 Å². The molecule has 0 bridgehead atoms. The number of allylic oxidation sites excluding steroid dienone is 12. The molecule has 9 nitrogen and oxygen atoms in total. The summed E-state index contributed by atoms with van der Waals surface area (Å²) in [5.41, 5.74) is 0. The van der Waals surface area contributed by atoms with Crippen LogP contribution in [0.2, 0.25) is 0 Å². The standard InChI is InChI=1S/C74H136NO8P/c1-6-8-10-12-14-16-18-20-22-24-26-28-30-32-34-36-37-39-40-42-44-46-48-50-52-54-56-58-60-62-64-66-73(76)80-70-72(71-82-84(78,79)81-69-68-75(3,4)5)83-74(77)67-65-63-61-59-57-55-53-51-49-47-45-43-41-38-35-33-31-29-27-25-23-21-19-17-15-13-11-9-7-2/h9,11,15,17,21,23-24,26-27,29,33,35,72H,6-8,10,12-14,16,18-20,22,25,28,30-32,34,36-71H2,1-5H3/p+1/b11-9-,17-15-,23-21-,26-24-,29-27-,35-33-. The minimum absolute atomic E-state index is 0.0311. The van der Waals surface area contributed by atoms with Crippen LogP contribution in [-0.2, 0) is 32.7 Å². The van der Waals surface area contributed by atoms with Crippen molar-refractivity contribution in [2.75, 3.05) is 47.5 Å². The first-order chi connectivity index (χ1) is 41.0. The summed E-state index contributed by atoms with van der Waals surface area (Å²) in [5, 5.41) is 0. The van der Waals surface area contributed by atoms with Gasteiger partial charge in [-0.1, -0.05) is 311 Å². The molecule has 0 fully saturated rings. The molecule has 0 heterocycles. The Hall–Kier alpha value is -2.55. The summed E-state index contributed by atoms with van der Waals surface area (Å²) in [6.45, 7) is 4.37. The highest BCUT2D eigenvalue weighted by Gasteiger charge is 2.27. The lowest BCUT2D eigenvalue weighted by Gasteiger charge is -2.24. The SMILES string of the molecule is CC/C=C\C/C=C\C/C=C\C/C=C\C/C=C\CCCCCCCCCCCCCCCC(=O)OC(COC(=O)CCCCCCCCCCCCCCCCCCCCC/C=C\CCCCCCCCCC)COP(=O)(O)OCC[N+](C)(C)C. The molecule has 490 valence electrons. The van der Waals surface area contributed by atoms with Gasteiger partial charge in [0.15, 0.2) is 6.10 Å². The summed E-state index contributed by atoms with van der Waals surface area (Å²) < 4.78 is 34.8. The molecule has 0 saturated carbocycles. The van der Waals surface area contributed by atoms with Crippen molar-refractivity contribution in [1.29, 1.82) is 0 Å². The zero-order valence-electron chi connectivity index (χ0n) is 55.9. The van der Waals surface area contributed by atoms with E-state index in [4.69, 9.17) is 18.5 Å². The highest BCUT2D eigenvalue weighted by atomic mass is 31.2. The second kappa shape index (κ2) is 64.9. The fraction of sp³-hybridized carbons (Fsp3) is 0.811. The maximum Gasteiger partial charge on any atom is 0.472 e. The Morgan fingerprint density at radius 3 is 1.02 bits per heavy atom. The number of rotatable bonds is 66. The molecule has 0 aromatic heterocycles. The van der Waals surface area contributed by atoms with Crippen LogP contribution in [0.4, 0.5) is 0 Å². The van der Waals surface area contributed by atoms with E-state index < -0.39 is 26.5 Å². The maximum absolute atomic E-state index is 12.9. The summed E-state index contributed by atoms with van der Waals surface area (Å²) in [7, 11) is 1.49. The van der Waals surface area contributed by atoms with Gasteiger partial charge in [0, 0.05) is 12.8 Å². The summed E-state index contributed by atoms with van der Waals surface area (Å²) in [4.78, 5) is 35.9. The van der Waals surface area contributed by atoms with Gasteiger partial charge in [0.05, 0.1) is 27.7 Å². The fourth-order valence-electron chi connectivity index (χ4n) is 10.3. The summed E-state index contributed by atoms with van der Waals surface area (Å²) in [6, 6.07) is 0. The molecule has 1 N–H and O–H groups in total. The smallest absolute Gasteiger partial charge is 0.462 e. The number of carbonyl (C=O) groups is 2. The second-order valence-corrected chi connectivity index (χ2v) is 26.7. The number of phosphoric acid groups is 1. The minimum atomic E-state index is -4.39. The highest BCUT2D eigenvalue weighted by molar-refractivity contribution is 7.47. The lowest BCUT2D eigenvalue weighted by Crippen LogP contribution is -2.37. The number of ether oxygens (including phenoxy) is 2. The van der Waals surface area contributed by atoms with Crippen LogP contribution < -0.4 is 0 Å². The largest absolute Gasteiger partial charge is 0.472 e. The quantitative estimate of drug-likeness (QED) is 0.0211. The fourth-order valence-corrected chi connectivity index (χ4v) is 11.0. The van der Waals surface area contributed by atoms with Crippen molar-refractivity contribution in [3.8, 4) is 0 Å². The van der Waals surface area contributed by atoms with Gasteiger partial charge in [-0.25, -0.2) is 4.57 Å². The molecule has 0 aliphatic rings. The third-order valence-corrected chi connectivity index (χ3v) is 16.7. The number of phosphoric ester groups is 1. The molecule has 0 aromatic carbocycles. The predicted molar refractivity (Wildman–Crippen MR) is 363 cm³/mol. The zero-order valence-corrected chi connectivity index (χ0v) is 56.8. The molecule has 0 spiro atoms. The van der Waals surface area contributed by atoms with Crippen LogP contribution in [0, 0.1) is 0 Å². The number of carbonyl (C=O) groups excluding carboxylic acids is 2. The van der Waals surface area contributed by atoms with Gasteiger partial charge in [0.2, 0.25) is 0 Å². The topological polar surface area (TPSA) is 108 Å². The monoisotopic (exact) mass is 1200 g/mol. The number of esters is 2. The van der Waals surface area contributed by atoms with Crippen LogP contribution in [0.1, 0.15) is 335 Å². The second-order valence-electron chi connectivity index (χ2n) is 25.2. The van der Waals surface area contributed by atoms with Crippen LogP contribution in [0.25, 0.3) is 0 Å². The van der Waals surface area contributed by atoms with Gasteiger partial charge in [-0.2, -0.15) is 0 Å². The summed E-state index contributed by atoms with van der Waals surface area (Å²) in [6.07, 6.45) is 87.3. The van der Waals surface area contributed by atoms with Gasteiger partial charge in [-0.15, -0.1) is 0 Å². The van der Waals surface area contributed by atoms with E-state index >= 15 is 0 Å². The lowest BCUT2D eigenvalue weighted by molar-refractivity contribution is -0.870. The van der Waals surface area contributed by atoms with Crippen molar-refractivity contribution in [2.45, 2.75) is 341 Å². The highest BCUT2D eigenvalue weighted by Crippen LogP contribution is 2.43. The number of unbranched alkanes of at least 4 members (excludes halogenated alkanes) is 40. The Balaban J connectivity index is 4.01. The first-order valence-corrected chi connectivity index (χ1v) is 37.2. The average molecular weight is 1200 g/mol. The number of quaternary nitrogens is 1. The molecule has 0 amide bonds. The molecule has 0 aliphatic heterocycles. The molecule has 0 saturated heterocycles. The first kappa shape index (κ1) is 81.5. The lowest BCUT2D eigenvalue weighted by atomic mass is 10.0. The molecule has 2 atom stereocenters. The van der Waals surface area contributed by atoms with E-state index in [1.54, 1.807) is 0 Å². The maximum atomic E-state index is 12.9. The molecule has 10 heteroatoms. The number of nitrogens with zero attached hydrogens (tertiary/aromatic N) is 1. The van der Waals surface area contributed by atoms with E-state index in [-0.39, 0.29) is 25.6 Å². The minimum Gasteiger partial charge on any atom is -0.462 e. The van der Waals surface area contributed by atoms with Gasteiger partial charge in [-0.05, 0) is 83.5 Å². The van der Waals surface area contributed by atoms with Crippen molar-refractivity contribution in [2.24, 2.45) is 0 Å². The van der Waals surface area contributed by atoms with Crippen molar-refractivity contribution in [1.82, 2.24) is 0 Å². The van der Waals surface area contributed by atoms with E-state index in [0.29, 0.717) is 23.9 Å². The van der Waals surface area contributed by atoms with E-state index in [0.717, 1.165) is 70.6 Å². The molecule has 84 heavy (non-hydrogen) atoms. The Kier molecular flexibility index (Phi) is 62.9. The third kappa shape index (κ3) is 68.6. The van der Waals surface area contributed by atoms with E-state index in [2.05, 4.69) is 86.8 Å². The van der Waals surface area contributed by atoms with Crippen LogP contribution in [0.3, 0.4) is 0 Å². The Bertz CT molecular complexity index is 1650. The van der Waals surface area contributed by atoms with Crippen LogP contribution >= 0.6 is 7.82 Å².